The second-order valence-electron chi connectivity index (χ2n) is 4.55. The molecule has 0 fully saturated rings. The number of ether oxygens (including phenoxy) is 1. The lowest BCUT2D eigenvalue weighted by atomic mass is 10.1. The van der Waals surface area contributed by atoms with Crippen LogP contribution in [0.25, 0.3) is 0 Å². The summed E-state index contributed by atoms with van der Waals surface area (Å²) in [5.41, 5.74) is 7.75. The molecule has 3 N–H and O–H groups in total. The maximum absolute atomic E-state index is 10.9. The Morgan fingerprint density at radius 1 is 1.24 bits per heavy atom. The first-order chi connectivity index (χ1) is 10.1. The van der Waals surface area contributed by atoms with Crippen LogP contribution in [-0.4, -0.2) is 18.1 Å². The number of anilines is 2. The second-order valence-corrected chi connectivity index (χ2v) is 4.55. The molecule has 0 saturated carbocycles. The molecule has 0 heterocycles. The molecule has 110 valence electrons. The highest BCUT2D eigenvalue weighted by Crippen LogP contribution is 2.24. The average molecular weight is 287 g/mol. The van der Waals surface area contributed by atoms with Crippen LogP contribution in [0.1, 0.15) is 5.56 Å². The lowest BCUT2D eigenvalue weighted by Crippen LogP contribution is -2.12. The van der Waals surface area contributed by atoms with E-state index in [4.69, 9.17) is 10.5 Å². The molecular formula is C15H17N3O3. The van der Waals surface area contributed by atoms with Gasteiger partial charge < -0.3 is 15.8 Å². The number of benzene rings is 2. The van der Waals surface area contributed by atoms with Gasteiger partial charge in [-0.15, -0.1) is 0 Å². The highest BCUT2D eigenvalue weighted by atomic mass is 16.6. The van der Waals surface area contributed by atoms with E-state index in [1.54, 1.807) is 37.3 Å². The average Bonchev–Trinajstić information content (AvgIpc) is 2.46. The molecular weight excluding hydrogens is 270 g/mol. The third-order valence-corrected chi connectivity index (χ3v) is 3.07. The summed E-state index contributed by atoms with van der Waals surface area (Å²) in [4.78, 5) is 10.5. The number of nitrogen functional groups attached to an aromatic ring is 1. The number of rotatable bonds is 6. The van der Waals surface area contributed by atoms with Crippen LogP contribution in [0.2, 0.25) is 0 Å². The van der Waals surface area contributed by atoms with Crippen molar-refractivity contribution in [2.45, 2.75) is 6.92 Å². The Labute approximate surface area is 122 Å². The number of hydrogen-bond acceptors (Lipinski definition) is 5. The van der Waals surface area contributed by atoms with Gasteiger partial charge in [0.05, 0.1) is 4.92 Å². The Hall–Kier alpha value is -2.76. The summed E-state index contributed by atoms with van der Waals surface area (Å²) in [5, 5.41) is 14.0. The van der Waals surface area contributed by atoms with E-state index < -0.39 is 0 Å². The largest absolute Gasteiger partial charge is 0.492 e. The van der Waals surface area contributed by atoms with E-state index in [1.807, 2.05) is 6.07 Å². The molecule has 2 rings (SSSR count). The van der Waals surface area contributed by atoms with Crippen molar-refractivity contribution in [2.24, 2.45) is 0 Å². The fourth-order valence-corrected chi connectivity index (χ4v) is 1.93. The van der Waals surface area contributed by atoms with Crippen molar-refractivity contribution in [3.05, 3.63) is 58.1 Å². The first-order valence-electron chi connectivity index (χ1n) is 6.54. The van der Waals surface area contributed by atoms with Gasteiger partial charge in [0.1, 0.15) is 12.4 Å². The highest BCUT2D eigenvalue weighted by Gasteiger charge is 2.12. The van der Waals surface area contributed by atoms with E-state index in [1.165, 1.54) is 6.07 Å². The van der Waals surface area contributed by atoms with Crippen LogP contribution in [0.3, 0.4) is 0 Å². The molecule has 0 aliphatic carbocycles. The van der Waals surface area contributed by atoms with E-state index in [9.17, 15) is 10.1 Å². The number of nitro benzene ring substituents is 1. The van der Waals surface area contributed by atoms with Crippen molar-refractivity contribution in [1.82, 2.24) is 0 Å². The quantitative estimate of drug-likeness (QED) is 0.369. The Morgan fingerprint density at radius 2 is 1.95 bits per heavy atom. The zero-order chi connectivity index (χ0) is 15.2. The predicted octanol–water partition coefficient (Wildman–Crippen LogP) is 2.98. The van der Waals surface area contributed by atoms with Gasteiger partial charge in [-0.25, -0.2) is 0 Å². The lowest BCUT2D eigenvalue weighted by molar-refractivity contribution is -0.385. The van der Waals surface area contributed by atoms with E-state index in [2.05, 4.69) is 5.32 Å². The summed E-state index contributed by atoms with van der Waals surface area (Å²) in [6, 6.07) is 12.1. The van der Waals surface area contributed by atoms with Crippen molar-refractivity contribution < 1.29 is 9.66 Å². The molecule has 0 aromatic heterocycles. The Morgan fingerprint density at radius 3 is 2.62 bits per heavy atom. The topological polar surface area (TPSA) is 90.4 Å². The van der Waals surface area contributed by atoms with Crippen molar-refractivity contribution in [3.8, 4) is 5.75 Å². The van der Waals surface area contributed by atoms with Crippen molar-refractivity contribution >= 4 is 17.1 Å². The SMILES string of the molecule is Cc1c(NCCOc2ccc(N)cc2)cccc1[N+](=O)[O-]. The van der Waals surface area contributed by atoms with Crippen LogP contribution in [-0.2, 0) is 0 Å². The number of hydrogen-bond donors (Lipinski definition) is 2. The first kappa shape index (κ1) is 14.6. The summed E-state index contributed by atoms with van der Waals surface area (Å²) >= 11 is 0. The van der Waals surface area contributed by atoms with Crippen LogP contribution in [0.5, 0.6) is 5.75 Å². The van der Waals surface area contributed by atoms with Gasteiger partial charge in [0.25, 0.3) is 5.69 Å². The van der Waals surface area contributed by atoms with Gasteiger partial charge in [-0.05, 0) is 37.3 Å². The Kier molecular flexibility index (Phi) is 4.61. The summed E-state index contributed by atoms with van der Waals surface area (Å²) in [6.45, 7) is 2.72. The van der Waals surface area contributed by atoms with Gasteiger partial charge in [0, 0.05) is 29.5 Å². The van der Waals surface area contributed by atoms with E-state index in [0.29, 0.717) is 24.4 Å². The smallest absolute Gasteiger partial charge is 0.274 e. The number of nitrogens with one attached hydrogen (secondary N) is 1. The molecule has 2 aromatic rings. The van der Waals surface area contributed by atoms with Crippen LogP contribution in [0.15, 0.2) is 42.5 Å². The van der Waals surface area contributed by atoms with E-state index in [-0.39, 0.29) is 10.6 Å². The monoisotopic (exact) mass is 287 g/mol. The summed E-state index contributed by atoms with van der Waals surface area (Å²) in [7, 11) is 0. The van der Waals surface area contributed by atoms with Gasteiger partial charge >= 0.3 is 0 Å². The number of nitrogens with two attached hydrogens (primary N) is 1. The van der Waals surface area contributed by atoms with Crippen LogP contribution in [0, 0.1) is 17.0 Å². The minimum Gasteiger partial charge on any atom is -0.492 e. The van der Waals surface area contributed by atoms with Gasteiger partial charge in [-0.3, -0.25) is 10.1 Å². The molecule has 0 saturated heterocycles. The Bertz CT molecular complexity index is 627. The molecule has 6 heteroatoms. The molecule has 0 radical (unpaired) electrons. The van der Waals surface area contributed by atoms with Gasteiger partial charge in [0.2, 0.25) is 0 Å². The molecule has 0 spiro atoms. The molecule has 0 aliphatic heterocycles. The minimum absolute atomic E-state index is 0.111. The van der Waals surface area contributed by atoms with E-state index in [0.717, 1.165) is 11.4 Å². The standard InChI is InChI=1S/C15H17N3O3/c1-11-14(3-2-4-15(11)18(19)20)17-9-10-21-13-7-5-12(16)6-8-13/h2-8,17H,9-10,16H2,1H3. The summed E-state index contributed by atoms with van der Waals surface area (Å²) in [6.07, 6.45) is 0. The molecule has 0 bridgehead atoms. The highest BCUT2D eigenvalue weighted by molar-refractivity contribution is 5.59. The van der Waals surface area contributed by atoms with E-state index >= 15 is 0 Å². The third kappa shape index (κ3) is 3.85. The maximum atomic E-state index is 10.9. The summed E-state index contributed by atoms with van der Waals surface area (Å²) < 4.78 is 5.55. The van der Waals surface area contributed by atoms with Gasteiger partial charge in [-0.1, -0.05) is 6.07 Å². The molecule has 2 aromatic carbocycles. The minimum atomic E-state index is -0.384. The fourth-order valence-electron chi connectivity index (χ4n) is 1.93. The van der Waals surface area contributed by atoms with Crippen molar-refractivity contribution in [2.75, 3.05) is 24.2 Å². The zero-order valence-electron chi connectivity index (χ0n) is 11.7. The molecule has 0 atom stereocenters. The maximum Gasteiger partial charge on any atom is 0.274 e. The predicted molar refractivity (Wildman–Crippen MR) is 82.7 cm³/mol. The molecule has 0 aliphatic rings. The Balaban J connectivity index is 1.88. The van der Waals surface area contributed by atoms with Crippen LogP contribution >= 0.6 is 0 Å². The second kappa shape index (κ2) is 6.60. The fraction of sp³-hybridized carbons (Fsp3) is 0.200. The first-order valence-corrected chi connectivity index (χ1v) is 6.54. The lowest BCUT2D eigenvalue weighted by Gasteiger charge is -2.11. The van der Waals surface area contributed by atoms with Crippen LogP contribution in [0.4, 0.5) is 17.1 Å². The number of nitrogens with zero attached hydrogens (tertiary/aromatic N) is 1. The van der Waals surface area contributed by atoms with Gasteiger partial charge in [0.15, 0.2) is 0 Å². The molecule has 6 nitrogen and oxygen atoms in total. The zero-order valence-corrected chi connectivity index (χ0v) is 11.7. The van der Waals surface area contributed by atoms with Crippen molar-refractivity contribution in [3.63, 3.8) is 0 Å². The normalized spacial score (nSPS) is 10.1. The molecule has 0 unspecified atom stereocenters. The van der Waals surface area contributed by atoms with Gasteiger partial charge in [-0.2, -0.15) is 0 Å². The molecule has 21 heavy (non-hydrogen) atoms. The third-order valence-electron chi connectivity index (χ3n) is 3.07. The summed E-state index contributed by atoms with van der Waals surface area (Å²) in [5.74, 6) is 0.738. The molecule has 0 amide bonds. The van der Waals surface area contributed by atoms with Crippen LogP contribution < -0.4 is 15.8 Å². The number of nitro groups is 1. The van der Waals surface area contributed by atoms with Crippen molar-refractivity contribution in [1.29, 1.82) is 0 Å².